The highest BCUT2D eigenvalue weighted by Gasteiger charge is 2.27. The molecule has 2 amide bonds. The summed E-state index contributed by atoms with van der Waals surface area (Å²) < 4.78 is 9.34. The van der Waals surface area contributed by atoms with E-state index in [9.17, 15) is 14.7 Å². The summed E-state index contributed by atoms with van der Waals surface area (Å²) in [6.45, 7) is 7.60. The van der Waals surface area contributed by atoms with Gasteiger partial charge in [0.2, 0.25) is 0 Å². The van der Waals surface area contributed by atoms with Gasteiger partial charge >= 0.3 is 0 Å². The zero-order chi connectivity index (χ0) is 47.0. The molecule has 2 saturated heterocycles. The first-order chi connectivity index (χ1) is 32.4. The average Bonchev–Trinajstić information content (AvgIpc) is 3.86. The molecule has 67 heavy (non-hydrogen) atoms. The molecule has 0 aliphatic carbocycles. The number of hydrogen-bond acceptors (Lipinski definition) is 8. The highest BCUT2D eigenvalue weighted by molar-refractivity contribution is 6.36. The van der Waals surface area contributed by atoms with Gasteiger partial charge in [0.05, 0.1) is 32.8 Å². The van der Waals surface area contributed by atoms with Crippen LogP contribution in [0.4, 0.5) is 0 Å². The van der Waals surface area contributed by atoms with E-state index in [-0.39, 0.29) is 17.6 Å². The molecule has 2 aliphatic rings. The van der Waals surface area contributed by atoms with E-state index in [1.807, 2.05) is 84.5 Å². The number of phenols is 1. The average molecular weight is 981 g/mol. The summed E-state index contributed by atoms with van der Waals surface area (Å²) in [6.07, 6.45) is 6.63. The van der Waals surface area contributed by atoms with Gasteiger partial charge in [-0.3, -0.25) is 20.4 Å². The van der Waals surface area contributed by atoms with Crippen LogP contribution in [-0.2, 0) is 6.61 Å². The van der Waals surface area contributed by atoms with E-state index >= 15 is 0 Å². The van der Waals surface area contributed by atoms with Gasteiger partial charge in [-0.2, -0.15) is 10.2 Å². The Morgan fingerprint density at radius 1 is 0.582 bits per heavy atom. The quantitative estimate of drug-likeness (QED) is 0.117. The first-order valence-corrected chi connectivity index (χ1v) is 23.7. The molecule has 0 saturated carbocycles. The summed E-state index contributed by atoms with van der Waals surface area (Å²) >= 11 is 25.2. The van der Waals surface area contributed by atoms with E-state index < -0.39 is 0 Å². The number of hydrogen-bond donors (Lipinski definition) is 3. The van der Waals surface area contributed by atoms with Crippen molar-refractivity contribution in [2.75, 3.05) is 26.2 Å². The van der Waals surface area contributed by atoms with Crippen LogP contribution in [0.25, 0.3) is 33.9 Å². The van der Waals surface area contributed by atoms with Crippen molar-refractivity contribution in [3.05, 3.63) is 163 Å². The molecule has 346 valence electrons. The summed E-state index contributed by atoms with van der Waals surface area (Å²) in [6, 6.07) is 35.0. The molecule has 12 nitrogen and oxygen atoms in total. The lowest BCUT2D eigenvalue weighted by atomic mass is 10.1. The van der Waals surface area contributed by atoms with Gasteiger partial charge in [0, 0.05) is 58.5 Å². The molecular formula is C51H50Cl4N8O4. The molecule has 2 aliphatic heterocycles. The van der Waals surface area contributed by atoms with Crippen LogP contribution < -0.4 is 15.6 Å². The fourth-order valence-electron chi connectivity index (χ4n) is 8.23. The normalized spacial score (nSPS) is 14.2. The lowest BCUT2D eigenvalue weighted by Crippen LogP contribution is -2.45. The van der Waals surface area contributed by atoms with Gasteiger partial charge in [-0.25, -0.2) is 19.4 Å². The Hall–Kier alpha value is -5.86. The Bertz CT molecular complexity index is 2840. The third-order valence-electron chi connectivity index (χ3n) is 11.7. The Balaban J connectivity index is 0.000000186. The minimum absolute atomic E-state index is 0.162. The molecule has 3 N–H and O–H groups in total. The van der Waals surface area contributed by atoms with Crippen LogP contribution in [0.15, 0.2) is 115 Å². The summed E-state index contributed by atoms with van der Waals surface area (Å²) in [5.41, 5.74) is 13.7. The Morgan fingerprint density at radius 2 is 1.01 bits per heavy atom. The zero-order valence-corrected chi connectivity index (χ0v) is 40.1. The largest absolute Gasteiger partial charge is 0.508 e. The number of nitrogens with zero attached hydrogens (tertiary/aromatic N) is 6. The van der Waals surface area contributed by atoms with Crippen molar-refractivity contribution < 1.29 is 19.4 Å². The monoisotopic (exact) mass is 978 g/mol. The third-order valence-corrected chi connectivity index (χ3v) is 12.8. The maximum Gasteiger partial charge on any atom is 0.286 e. The second-order valence-corrected chi connectivity index (χ2v) is 18.2. The van der Waals surface area contributed by atoms with Crippen molar-refractivity contribution in [2.45, 2.75) is 59.0 Å². The topological polar surface area (TPSA) is 130 Å². The number of piperidine rings is 2. The summed E-state index contributed by atoms with van der Waals surface area (Å²) in [7, 11) is 0. The van der Waals surface area contributed by atoms with Crippen molar-refractivity contribution in [3.8, 4) is 45.4 Å². The summed E-state index contributed by atoms with van der Waals surface area (Å²) in [4.78, 5) is 26.3. The molecule has 0 spiro atoms. The van der Waals surface area contributed by atoms with Gasteiger partial charge in [-0.1, -0.05) is 89.6 Å². The number of nitrogens with one attached hydrogen (secondary N) is 2. The standard InChI is InChI=1S/C29H28Cl2N4O2.C22H22Cl2N4O2/c1-20-27(29(36)33-34-16-6-3-7-17-34)32-35(26-15-12-23(30)18-25(26)31)28(20)22-10-13-24(14-11-22)37-19-21-8-4-2-5-9-21;1-14-20(22(30)26-27-11-3-2-4-12-27)25-28(19-10-7-16(23)13-18(19)24)21(14)15-5-8-17(29)9-6-15/h2,4-5,8-15,18H,3,6-7,16-17,19H2,1H3,(H,33,36);5-10,13,29H,2-4,11-12H2,1H3,(H,26,30). The summed E-state index contributed by atoms with van der Waals surface area (Å²) in [5, 5.41) is 24.9. The maximum absolute atomic E-state index is 13.3. The first-order valence-electron chi connectivity index (χ1n) is 22.2. The second kappa shape index (κ2) is 21.8. The minimum atomic E-state index is -0.252. The highest BCUT2D eigenvalue weighted by Crippen LogP contribution is 2.35. The molecular weight excluding hydrogens is 930 g/mol. The number of phenolic OH excluding ortho intramolecular Hbond substituents is 1. The summed E-state index contributed by atoms with van der Waals surface area (Å²) in [5.74, 6) is 0.435. The molecule has 5 aromatic carbocycles. The highest BCUT2D eigenvalue weighted by atomic mass is 35.5. The Labute approximate surface area is 409 Å². The van der Waals surface area contributed by atoms with Gasteiger partial charge < -0.3 is 9.84 Å². The number of amides is 2. The van der Waals surface area contributed by atoms with E-state index in [0.29, 0.717) is 49.5 Å². The molecule has 9 rings (SSSR count). The molecule has 0 unspecified atom stereocenters. The van der Waals surface area contributed by atoms with E-state index in [1.54, 1.807) is 64.0 Å². The second-order valence-electron chi connectivity index (χ2n) is 16.5. The number of hydrazine groups is 2. The van der Waals surface area contributed by atoms with Crippen LogP contribution in [0.2, 0.25) is 20.1 Å². The number of ether oxygens (including phenoxy) is 1. The lowest BCUT2D eigenvalue weighted by molar-refractivity contribution is 0.0736. The van der Waals surface area contributed by atoms with Crippen molar-refractivity contribution in [1.29, 1.82) is 0 Å². The maximum atomic E-state index is 13.3. The number of aromatic hydroxyl groups is 1. The third kappa shape index (κ3) is 11.5. The molecule has 2 fully saturated rings. The van der Waals surface area contributed by atoms with Crippen molar-refractivity contribution in [3.63, 3.8) is 0 Å². The number of rotatable bonds is 11. The molecule has 0 atom stereocenters. The van der Waals surface area contributed by atoms with Crippen molar-refractivity contribution >= 4 is 58.2 Å². The molecule has 0 radical (unpaired) electrons. The molecule has 0 bridgehead atoms. The predicted molar refractivity (Wildman–Crippen MR) is 266 cm³/mol. The molecule has 2 aromatic heterocycles. The van der Waals surface area contributed by atoms with E-state index in [0.717, 1.165) is 96.8 Å². The number of carbonyl (C=O) groups excluding carboxylic acids is 2. The first kappa shape index (κ1) is 47.6. The number of benzene rings is 5. The van der Waals surface area contributed by atoms with Gasteiger partial charge in [0.1, 0.15) is 18.1 Å². The minimum Gasteiger partial charge on any atom is -0.508 e. The SMILES string of the molecule is Cc1c(C(=O)NN2CCCCC2)nn(-c2ccc(Cl)cc2Cl)c1-c1ccc(O)cc1.Cc1c(C(=O)NN2CCCCC2)nn(-c2ccc(Cl)cc2Cl)c1-c1ccc(OCc2ccccc2)cc1. The Morgan fingerprint density at radius 3 is 1.45 bits per heavy atom. The lowest BCUT2D eigenvalue weighted by Gasteiger charge is -2.26. The van der Waals surface area contributed by atoms with Crippen LogP contribution in [-0.4, -0.2) is 72.7 Å². The zero-order valence-electron chi connectivity index (χ0n) is 37.1. The van der Waals surface area contributed by atoms with Crippen LogP contribution in [0.5, 0.6) is 11.5 Å². The number of halogens is 4. The van der Waals surface area contributed by atoms with Gasteiger partial charge in [0.15, 0.2) is 11.4 Å². The van der Waals surface area contributed by atoms with E-state index in [1.165, 1.54) is 12.8 Å². The van der Waals surface area contributed by atoms with Crippen LogP contribution in [0, 0.1) is 13.8 Å². The van der Waals surface area contributed by atoms with Gasteiger partial charge in [0.25, 0.3) is 11.8 Å². The molecule has 16 heteroatoms. The smallest absolute Gasteiger partial charge is 0.286 e. The molecule has 4 heterocycles. The van der Waals surface area contributed by atoms with Crippen molar-refractivity contribution in [2.24, 2.45) is 0 Å². The van der Waals surface area contributed by atoms with Crippen molar-refractivity contribution in [1.82, 2.24) is 40.4 Å². The Kier molecular flexibility index (Phi) is 15.5. The molecule has 7 aromatic rings. The van der Waals surface area contributed by atoms with Crippen LogP contribution in [0.3, 0.4) is 0 Å². The number of carbonyl (C=O) groups is 2. The van der Waals surface area contributed by atoms with E-state index in [2.05, 4.69) is 16.0 Å². The predicted octanol–water partition coefficient (Wildman–Crippen LogP) is 11.9. The van der Waals surface area contributed by atoms with Gasteiger partial charge in [-0.05, 0) is 130 Å². The van der Waals surface area contributed by atoms with Gasteiger partial charge in [-0.15, -0.1) is 0 Å². The fraction of sp³-hybridized carbons (Fsp3) is 0.255. The fourth-order valence-corrected chi connectivity index (χ4v) is 9.21. The van der Waals surface area contributed by atoms with Crippen LogP contribution in [0.1, 0.15) is 76.2 Å². The van der Waals surface area contributed by atoms with Crippen LogP contribution >= 0.6 is 46.4 Å². The van der Waals surface area contributed by atoms with E-state index in [4.69, 9.17) is 56.2 Å². The number of aromatic nitrogens is 4.